The Kier molecular flexibility index (Phi) is 8.93. The maximum absolute atomic E-state index is 5.44. The average Bonchev–Trinajstić information content (AvgIpc) is 2.89. The third-order valence-corrected chi connectivity index (χ3v) is 4.50. The van der Waals surface area contributed by atoms with Crippen LogP contribution in [0.3, 0.4) is 0 Å². The summed E-state index contributed by atoms with van der Waals surface area (Å²) < 4.78 is 5.44. The first kappa shape index (κ1) is 16.5. The minimum atomic E-state index is 0.464. The van der Waals surface area contributed by atoms with Gasteiger partial charge in [-0.3, -0.25) is 0 Å². The molecule has 0 radical (unpaired) electrons. The molecule has 1 N–H and O–H groups in total. The van der Waals surface area contributed by atoms with Crippen molar-refractivity contribution >= 4 is 11.3 Å². The van der Waals surface area contributed by atoms with Crippen LogP contribution in [0.5, 0.6) is 5.75 Å². The Labute approximate surface area is 122 Å². The third kappa shape index (κ3) is 5.96. The van der Waals surface area contributed by atoms with Gasteiger partial charge in [-0.1, -0.05) is 52.4 Å². The lowest BCUT2D eigenvalue weighted by Gasteiger charge is -2.17. The van der Waals surface area contributed by atoms with E-state index < -0.39 is 0 Å². The third-order valence-electron chi connectivity index (χ3n) is 3.49. The van der Waals surface area contributed by atoms with E-state index in [9.17, 15) is 0 Å². The van der Waals surface area contributed by atoms with E-state index in [1.807, 2.05) is 0 Å². The zero-order valence-corrected chi connectivity index (χ0v) is 13.5. The molecule has 0 saturated heterocycles. The van der Waals surface area contributed by atoms with Crippen LogP contribution >= 0.6 is 11.3 Å². The van der Waals surface area contributed by atoms with E-state index in [-0.39, 0.29) is 0 Å². The minimum absolute atomic E-state index is 0.464. The maximum Gasteiger partial charge on any atom is 0.134 e. The smallest absolute Gasteiger partial charge is 0.134 e. The monoisotopic (exact) mass is 283 g/mol. The van der Waals surface area contributed by atoms with Gasteiger partial charge in [0.1, 0.15) is 5.75 Å². The Hall–Kier alpha value is -0.540. The van der Waals surface area contributed by atoms with Crippen LogP contribution in [-0.2, 0) is 0 Å². The van der Waals surface area contributed by atoms with Crippen molar-refractivity contribution in [1.82, 2.24) is 5.32 Å². The van der Waals surface area contributed by atoms with Gasteiger partial charge >= 0.3 is 0 Å². The summed E-state index contributed by atoms with van der Waals surface area (Å²) in [7, 11) is 1.76. The summed E-state index contributed by atoms with van der Waals surface area (Å²) in [5.74, 6) is 1.04. The van der Waals surface area contributed by atoms with Crippen LogP contribution < -0.4 is 10.1 Å². The number of nitrogens with one attached hydrogen (secondary N) is 1. The first-order valence-electron chi connectivity index (χ1n) is 7.68. The molecule has 0 amide bonds. The molecule has 0 aliphatic carbocycles. The lowest BCUT2D eigenvalue weighted by atomic mass is 10.0. The van der Waals surface area contributed by atoms with Crippen LogP contribution in [0.4, 0.5) is 0 Å². The van der Waals surface area contributed by atoms with Crippen molar-refractivity contribution in [3.63, 3.8) is 0 Å². The summed E-state index contributed by atoms with van der Waals surface area (Å²) in [4.78, 5) is 1.36. The molecule has 3 heteroatoms. The number of hydrogen-bond donors (Lipinski definition) is 1. The molecule has 0 fully saturated rings. The number of ether oxygens (including phenoxy) is 1. The van der Waals surface area contributed by atoms with Crippen molar-refractivity contribution in [2.75, 3.05) is 13.7 Å². The lowest BCUT2D eigenvalue weighted by molar-refractivity contribution is 0.398. The SMILES string of the molecule is CCCCCCCCC(NCC)c1sccc1OC. The van der Waals surface area contributed by atoms with E-state index in [0.717, 1.165) is 12.3 Å². The second kappa shape index (κ2) is 10.3. The van der Waals surface area contributed by atoms with E-state index in [0.29, 0.717) is 6.04 Å². The van der Waals surface area contributed by atoms with Crippen molar-refractivity contribution in [3.8, 4) is 5.75 Å². The van der Waals surface area contributed by atoms with Crippen LogP contribution in [0, 0.1) is 0 Å². The minimum Gasteiger partial charge on any atom is -0.496 e. The van der Waals surface area contributed by atoms with E-state index in [1.54, 1.807) is 18.4 Å². The van der Waals surface area contributed by atoms with Gasteiger partial charge < -0.3 is 10.1 Å². The Morgan fingerprint density at radius 3 is 2.58 bits per heavy atom. The molecule has 1 unspecified atom stereocenters. The van der Waals surface area contributed by atoms with Crippen molar-refractivity contribution in [2.24, 2.45) is 0 Å². The van der Waals surface area contributed by atoms with E-state index >= 15 is 0 Å². The number of thiophene rings is 1. The normalized spacial score (nSPS) is 12.6. The van der Waals surface area contributed by atoms with E-state index in [2.05, 4.69) is 30.6 Å². The van der Waals surface area contributed by atoms with E-state index in [1.165, 1.54) is 49.8 Å². The van der Waals surface area contributed by atoms with Crippen LogP contribution in [0.2, 0.25) is 0 Å². The molecule has 0 saturated carbocycles. The van der Waals surface area contributed by atoms with E-state index in [4.69, 9.17) is 4.74 Å². The van der Waals surface area contributed by atoms with Gasteiger partial charge in [-0.25, -0.2) is 0 Å². The molecule has 1 aromatic rings. The molecule has 0 bridgehead atoms. The van der Waals surface area contributed by atoms with Gasteiger partial charge in [-0.15, -0.1) is 11.3 Å². The van der Waals surface area contributed by atoms with Gasteiger partial charge in [0.05, 0.1) is 12.0 Å². The molecule has 1 rings (SSSR count). The molecular formula is C16H29NOS. The predicted octanol–water partition coefficient (Wildman–Crippen LogP) is 5.16. The summed E-state index contributed by atoms with van der Waals surface area (Å²) >= 11 is 1.81. The highest BCUT2D eigenvalue weighted by molar-refractivity contribution is 7.10. The van der Waals surface area contributed by atoms with Gasteiger partial charge in [0.25, 0.3) is 0 Å². The molecule has 0 aliphatic heterocycles. The first-order valence-corrected chi connectivity index (χ1v) is 8.56. The zero-order valence-electron chi connectivity index (χ0n) is 12.7. The molecule has 0 spiro atoms. The maximum atomic E-state index is 5.44. The standard InChI is InChI=1S/C16H29NOS/c1-4-6-7-8-9-10-11-14(17-5-2)16-15(18-3)12-13-19-16/h12-14,17H,4-11H2,1-3H3. The Morgan fingerprint density at radius 1 is 1.16 bits per heavy atom. The first-order chi connectivity index (χ1) is 9.33. The molecule has 2 nitrogen and oxygen atoms in total. The fourth-order valence-electron chi connectivity index (χ4n) is 2.43. The summed E-state index contributed by atoms with van der Waals surface area (Å²) in [6, 6.07) is 2.54. The van der Waals surface area contributed by atoms with Crippen molar-refractivity contribution in [3.05, 3.63) is 16.3 Å². The van der Waals surface area contributed by atoms with Gasteiger partial charge in [-0.05, 0) is 24.4 Å². The molecule has 19 heavy (non-hydrogen) atoms. The molecule has 0 aromatic carbocycles. The lowest BCUT2D eigenvalue weighted by Crippen LogP contribution is -2.20. The highest BCUT2D eigenvalue weighted by atomic mass is 32.1. The molecule has 1 heterocycles. The number of unbranched alkanes of at least 4 members (excludes halogenated alkanes) is 5. The van der Waals surface area contributed by atoms with Gasteiger partial charge in [-0.2, -0.15) is 0 Å². The predicted molar refractivity (Wildman–Crippen MR) is 85.3 cm³/mol. The Bertz CT molecular complexity index is 324. The van der Waals surface area contributed by atoms with Crippen molar-refractivity contribution in [1.29, 1.82) is 0 Å². The summed E-state index contributed by atoms with van der Waals surface area (Å²) in [6.07, 6.45) is 9.37. The fraction of sp³-hybridized carbons (Fsp3) is 0.750. The second-order valence-electron chi connectivity index (χ2n) is 5.02. The number of hydrogen-bond acceptors (Lipinski definition) is 3. The molecule has 1 atom stereocenters. The van der Waals surface area contributed by atoms with Crippen molar-refractivity contribution < 1.29 is 4.74 Å². The van der Waals surface area contributed by atoms with Gasteiger partial charge in [0.15, 0.2) is 0 Å². The fourth-order valence-corrected chi connectivity index (χ4v) is 3.40. The molecule has 0 aliphatic rings. The molecular weight excluding hydrogens is 254 g/mol. The number of methoxy groups -OCH3 is 1. The van der Waals surface area contributed by atoms with Crippen molar-refractivity contribution in [2.45, 2.75) is 64.8 Å². The second-order valence-corrected chi connectivity index (χ2v) is 5.97. The summed E-state index contributed by atoms with van der Waals surface area (Å²) in [6.45, 7) is 5.46. The largest absolute Gasteiger partial charge is 0.496 e. The van der Waals surface area contributed by atoms with Crippen LogP contribution in [0.25, 0.3) is 0 Å². The summed E-state index contributed by atoms with van der Waals surface area (Å²) in [5.41, 5.74) is 0. The molecule has 110 valence electrons. The van der Waals surface area contributed by atoms with Gasteiger partial charge in [0.2, 0.25) is 0 Å². The van der Waals surface area contributed by atoms with Crippen LogP contribution in [0.15, 0.2) is 11.4 Å². The van der Waals surface area contributed by atoms with Crippen LogP contribution in [0.1, 0.15) is 69.7 Å². The van der Waals surface area contributed by atoms with Gasteiger partial charge in [0, 0.05) is 6.04 Å². The topological polar surface area (TPSA) is 21.3 Å². The van der Waals surface area contributed by atoms with Crippen LogP contribution in [-0.4, -0.2) is 13.7 Å². The quantitative estimate of drug-likeness (QED) is 0.566. The Morgan fingerprint density at radius 2 is 1.89 bits per heavy atom. The molecule has 1 aromatic heterocycles. The Balaban J connectivity index is 2.36. The highest BCUT2D eigenvalue weighted by Gasteiger charge is 2.16. The number of rotatable bonds is 11. The highest BCUT2D eigenvalue weighted by Crippen LogP contribution is 2.33. The zero-order chi connectivity index (χ0) is 13.9. The summed E-state index contributed by atoms with van der Waals surface area (Å²) in [5, 5.41) is 5.72. The average molecular weight is 283 g/mol.